The van der Waals surface area contributed by atoms with Crippen LogP contribution in [0.2, 0.25) is 18.1 Å². The Labute approximate surface area is 156 Å². The summed E-state index contributed by atoms with van der Waals surface area (Å²) in [5.41, 5.74) is -0.101. The van der Waals surface area contributed by atoms with Crippen LogP contribution in [-0.4, -0.2) is 34.0 Å². The zero-order valence-electron chi connectivity index (χ0n) is 15.9. The first kappa shape index (κ1) is 20.1. The standard InChI is InChI=1S/C16H27BrN4O3Si/c1-10(9-24-25(6,7)16(2,3)4)8-21-12-11(13(22)19-15(21)23)20(5)14(17)18-12/h10H,8-9H2,1-7H3,(H,19,22,23). The molecule has 0 spiro atoms. The van der Waals surface area contributed by atoms with E-state index in [1.165, 1.54) is 4.57 Å². The first-order valence-electron chi connectivity index (χ1n) is 8.34. The van der Waals surface area contributed by atoms with E-state index < -0.39 is 19.6 Å². The molecule has 0 aromatic carbocycles. The van der Waals surface area contributed by atoms with E-state index in [2.05, 4.69) is 59.8 Å². The van der Waals surface area contributed by atoms with Crippen LogP contribution in [0.1, 0.15) is 27.7 Å². The highest BCUT2D eigenvalue weighted by Crippen LogP contribution is 2.36. The number of halogens is 1. The third-order valence-corrected chi connectivity index (χ3v) is 10.2. The van der Waals surface area contributed by atoms with E-state index in [-0.39, 0.29) is 11.0 Å². The molecule has 0 amide bonds. The van der Waals surface area contributed by atoms with E-state index in [1.54, 1.807) is 11.6 Å². The average molecular weight is 431 g/mol. The van der Waals surface area contributed by atoms with Gasteiger partial charge in [0, 0.05) is 20.2 Å². The van der Waals surface area contributed by atoms with Crippen molar-refractivity contribution < 1.29 is 4.43 Å². The Morgan fingerprint density at radius 2 is 1.92 bits per heavy atom. The van der Waals surface area contributed by atoms with Crippen LogP contribution in [-0.2, 0) is 18.0 Å². The van der Waals surface area contributed by atoms with Gasteiger partial charge in [-0.15, -0.1) is 0 Å². The minimum absolute atomic E-state index is 0.113. The Bertz CT molecular complexity index is 892. The van der Waals surface area contributed by atoms with Gasteiger partial charge in [0.1, 0.15) is 0 Å². The maximum Gasteiger partial charge on any atom is 0.330 e. The lowest BCUT2D eigenvalue weighted by Crippen LogP contribution is -2.42. The summed E-state index contributed by atoms with van der Waals surface area (Å²) < 4.78 is 9.90. The largest absolute Gasteiger partial charge is 0.416 e. The predicted octanol–water partition coefficient (Wildman–Crippen LogP) is 2.84. The molecule has 2 heterocycles. The van der Waals surface area contributed by atoms with Crippen molar-refractivity contribution in [2.75, 3.05) is 6.61 Å². The fourth-order valence-electron chi connectivity index (χ4n) is 2.32. The second-order valence-corrected chi connectivity index (χ2v) is 13.7. The maximum atomic E-state index is 12.3. The van der Waals surface area contributed by atoms with Crippen LogP contribution in [0.15, 0.2) is 14.3 Å². The Morgan fingerprint density at radius 1 is 1.32 bits per heavy atom. The minimum Gasteiger partial charge on any atom is -0.416 e. The SMILES string of the molecule is CC(CO[Si](C)(C)C(C)(C)C)Cn1c(=O)[nH]c(=O)c2c1nc(Br)n2C. The van der Waals surface area contributed by atoms with Crippen molar-refractivity contribution in [2.45, 2.75) is 52.4 Å². The highest BCUT2D eigenvalue weighted by Gasteiger charge is 2.37. The van der Waals surface area contributed by atoms with Crippen LogP contribution < -0.4 is 11.2 Å². The molecule has 140 valence electrons. The third-order valence-electron chi connectivity index (χ3n) is 4.99. The number of hydrogen-bond donors (Lipinski definition) is 1. The monoisotopic (exact) mass is 430 g/mol. The molecule has 2 rings (SSSR count). The Hall–Kier alpha value is -1.19. The smallest absolute Gasteiger partial charge is 0.330 e. The second-order valence-electron chi connectivity index (χ2n) is 8.16. The molecule has 1 N–H and O–H groups in total. The van der Waals surface area contributed by atoms with Crippen molar-refractivity contribution in [3.63, 3.8) is 0 Å². The number of aromatic amines is 1. The zero-order valence-corrected chi connectivity index (χ0v) is 18.5. The lowest BCUT2D eigenvalue weighted by molar-refractivity contribution is 0.224. The van der Waals surface area contributed by atoms with E-state index in [9.17, 15) is 9.59 Å². The van der Waals surface area contributed by atoms with E-state index in [0.717, 1.165) is 0 Å². The van der Waals surface area contributed by atoms with Crippen LogP contribution in [0.4, 0.5) is 0 Å². The summed E-state index contributed by atoms with van der Waals surface area (Å²) in [6.45, 7) is 14.1. The number of hydrogen-bond acceptors (Lipinski definition) is 4. The molecule has 0 aliphatic rings. The van der Waals surface area contributed by atoms with E-state index in [1.807, 2.05) is 6.92 Å². The average Bonchev–Trinajstić information content (AvgIpc) is 2.76. The molecule has 1 unspecified atom stereocenters. The summed E-state index contributed by atoms with van der Waals surface area (Å²) in [5.74, 6) is 0.113. The molecule has 2 aromatic rings. The molecular formula is C16H27BrN4O3Si. The lowest BCUT2D eigenvalue weighted by Gasteiger charge is -2.37. The summed E-state index contributed by atoms with van der Waals surface area (Å²) in [7, 11) is -0.109. The maximum absolute atomic E-state index is 12.3. The van der Waals surface area contributed by atoms with Crippen LogP contribution in [0, 0.1) is 5.92 Å². The molecule has 0 aliphatic carbocycles. The second kappa shape index (κ2) is 6.84. The van der Waals surface area contributed by atoms with Gasteiger partial charge < -0.3 is 8.99 Å². The molecule has 25 heavy (non-hydrogen) atoms. The van der Waals surface area contributed by atoms with Crippen molar-refractivity contribution in [1.82, 2.24) is 19.1 Å². The highest BCUT2D eigenvalue weighted by molar-refractivity contribution is 9.10. The van der Waals surface area contributed by atoms with E-state index in [4.69, 9.17) is 4.43 Å². The summed E-state index contributed by atoms with van der Waals surface area (Å²) in [6, 6.07) is 0. The van der Waals surface area contributed by atoms with Crippen LogP contribution in [0.3, 0.4) is 0 Å². The molecular weight excluding hydrogens is 404 g/mol. The Morgan fingerprint density at radius 3 is 2.48 bits per heavy atom. The summed E-state index contributed by atoms with van der Waals surface area (Å²) >= 11 is 3.31. The molecule has 0 saturated carbocycles. The first-order valence-corrected chi connectivity index (χ1v) is 12.0. The van der Waals surface area contributed by atoms with Crippen molar-refractivity contribution in [1.29, 1.82) is 0 Å². The van der Waals surface area contributed by atoms with Gasteiger partial charge in [-0.05, 0) is 40.0 Å². The van der Waals surface area contributed by atoms with Gasteiger partial charge in [-0.1, -0.05) is 27.7 Å². The predicted molar refractivity (Wildman–Crippen MR) is 106 cm³/mol. The normalized spacial score (nSPS) is 14.2. The quantitative estimate of drug-likeness (QED) is 0.583. The van der Waals surface area contributed by atoms with E-state index in [0.29, 0.717) is 29.0 Å². The number of aryl methyl sites for hydroxylation is 1. The van der Waals surface area contributed by atoms with Gasteiger partial charge in [0.2, 0.25) is 0 Å². The first-order chi connectivity index (χ1) is 11.3. The molecule has 1 atom stereocenters. The van der Waals surface area contributed by atoms with Crippen molar-refractivity contribution >= 4 is 35.4 Å². The number of aromatic nitrogens is 4. The topological polar surface area (TPSA) is 81.9 Å². The third kappa shape index (κ3) is 3.98. The fourth-order valence-corrected chi connectivity index (χ4v) is 3.80. The summed E-state index contributed by atoms with van der Waals surface area (Å²) in [6.07, 6.45) is 0. The molecule has 0 bridgehead atoms. The van der Waals surface area contributed by atoms with Gasteiger partial charge in [0.25, 0.3) is 5.56 Å². The van der Waals surface area contributed by atoms with E-state index >= 15 is 0 Å². The molecule has 0 aliphatic heterocycles. The van der Waals surface area contributed by atoms with Crippen molar-refractivity contribution in [2.24, 2.45) is 13.0 Å². The highest BCUT2D eigenvalue weighted by atomic mass is 79.9. The number of nitrogens with zero attached hydrogens (tertiary/aromatic N) is 3. The molecule has 0 saturated heterocycles. The van der Waals surface area contributed by atoms with Gasteiger partial charge in [0.05, 0.1) is 0 Å². The van der Waals surface area contributed by atoms with Gasteiger partial charge >= 0.3 is 5.69 Å². The molecule has 9 heteroatoms. The Balaban J connectivity index is 2.28. The minimum atomic E-state index is -1.84. The molecule has 0 fully saturated rings. The van der Waals surface area contributed by atoms with Gasteiger partial charge in [0.15, 0.2) is 24.2 Å². The summed E-state index contributed by atoms with van der Waals surface area (Å²) in [4.78, 5) is 31.1. The number of rotatable bonds is 5. The zero-order chi connectivity index (χ0) is 19.2. The number of fused-ring (bicyclic) bond motifs is 1. The van der Waals surface area contributed by atoms with Crippen molar-refractivity contribution in [3.05, 3.63) is 25.6 Å². The molecule has 0 radical (unpaired) electrons. The van der Waals surface area contributed by atoms with Gasteiger partial charge in [-0.25, -0.2) is 9.78 Å². The van der Waals surface area contributed by atoms with Crippen LogP contribution >= 0.6 is 15.9 Å². The fraction of sp³-hybridized carbons (Fsp3) is 0.688. The number of imidazole rings is 1. The van der Waals surface area contributed by atoms with Gasteiger partial charge in [-0.3, -0.25) is 14.3 Å². The number of nitrogens with one attached hydrogen (secondary N) is 1. The summed E-state index contributed by atoms with van der Waals surface area (Å²) in [5, 5.41) is 0.140. The number of H-pyrrole nitrogens is 1. The van der Waals surface area contributed by atoms with Crippen LogP contribution in [0.5, 0.6) is 0 Å². The molecule has 7 nitrogen and oxygen atoms in total. The molecule has 2 aromatic heterocycles. The van der Waals surface area contributed by atoms with Crippen molar-refractivity contribution in [3.8, 4) is 0 Å². The van der Waals surface area contributed by atoms with Gasteiger partial charge in [-0.2, -0.15) is 0 Å². The lowest BCUT2D eigenvalue weighted by atomic mass is 10.2. The Kier molecular flexibility index (Phi) is 5.51. The van der Waals surface area contributed by atoms with Crippen LogP contribution in [0.25, 0.3) is 11.2 Å².